The van der Waals surface area contributed by atoms with Crippen molar-refractivity contribution in [1.29, 1.82) is 0 Å². The highest BCUT2D eigenvalue weighted by Crippen LogP contribution is 2.30. The lowest BCUT2D eigenvalue weighted by atomic mass is 9.96. The number of halogens is 1. The van der Waals surface area contributed by atoms with Crippen LogP contribution < -0.4 is 10.1 Å². The molecule has 0 aromatic heterocycles. The van der Waals surface area contributed by atoms with Crippen LogP contribution in [0.5, 0.6) is 5.75 Å². The predicted molar refractivity (Wildman–Crippen MR) is 88.3 cm³/mol. The second-order valence-corrected chi connectivity index (χ2v) is 7.87. The van der Waals surface area contributed by atoms with E-state index in [2.05, 4.69) is 5.32 Å². The van der Waals surface area contributed by atoms with E-state index in [4.69, 9.17) is 4.74 Å². The highest BCUT2D eigenvalue weighted by molar-refractivity contribution is 7.89. The van der Waals surface area contributed by atoms with Gasteiger partial charge in [-0.3, -0.25) is 0 Å². The van der Waals surface area contributed by atoms with Crippen LogP contribution in [0.15, 0.2) is 23.1 Å². The first-order valence-electron chi connectivity index (χ1n) is 7.41. The van der Waals surface area contributed by atoms with E-state index in [1.54, 1.807) is 16.4 Å². The molecule has 0 spiro atoms. The number of piperazine rings is 1. The second kappa shape index (κ2) is 6.74. The molecule has 7 heteroatoms. The summed E-state index contributed by atoms with van der Waals surface area (Å²) in [4.78, 5) is 0.282. The van der Waals surface area contributed by atoms with Gasteiger partial charge < -0.3 is 10.1 Å². The quantitative estimate of drug-likeness (QED) is 0.908. The molecule has 0 saturated carbocycles. The van der Waals surface area contributed by atoms with Crippen LogP contribution in [0.25, 0.3) is 0 Å². The third-order valence-corrected chi connectivity index (χ3v) is 6.21. The van der Waals surface area contributed by atoms with Gasteiger partial charge >= 0.3 is 0 Å². The first-order chi connectivity index (χ1) is 10.0. The molecule has 0 radical (unpaired) electrons. The van der Waals surface area contributed by atoms with Gasteiger partial charge in [-0.1, -0.05) is 12.5 Å². The van der Waals surface area contributed by atoms with Crippen LogP contribution in [0.1, 0.15) is 24.8 Å². The molecule has 2 atom stereocenters. The average Bonchev–Trinajstić information content (AvgIpc) is 2.46. The van der Waals surface area contributed by atoms with Gasteiger partial charge in [-0.15, -0.1) is 12.4 Å². The lowest BCUT2D eigenvalue weighted by Crippen LogP contribution is -2.59. The Balaban J connectivity index is 0.00000176. The second-order valence-electron chi connectivity index (χ2n) is 5.97. The summed E-state index contributed by atoms with van der Waals surface area (Å²) in [5.41, 5.74) is 0.921. The van der Waals surface area contributed by atoms with Crippen molar-refractivity contribution in [2.75, 3.05) is 20.2 Å². The number of piperidine rings is 1. The summed E-state index contributed by atoms with van der Waals surface area (Å²) in [6.45, 7) is 3.00. The Morgan fingerprint density at radius 3 is 2.45 bits per heavy atom. The van der Waals surface area contributed by atoms with Gasteiger partial charge in [0.25, 0.3) is 0 Å². The van der Waals surface area contributed by atoms with Gasteiger partial charge in [-0.25, -0.2) is 8.42 Å². The monoisotopic (exact) mass is 346 g/mol. The smallest absolute Gasteiger partial charge is 0.246 e. The van der Waals surface area contributed by atoms with Gasteiger partial charge in [0.15, 0.2) is 0 Å². The summed E-state index contributed by atoms with van der Waals surface area (Å²) >= 11 is 0. The molecule has 2 unspecified atom stereocenters. The van der Waals surface area contributed by atoms with Gasteiger partial charge in [-0.2, -0.15) is 4.31 Å². The van der Waals surface area contributed by atoms with Crippen LogP contribution in [-0.4, -0.2) is 45.0 Å². The highest BCUT2D eigenvalue weighted by Gasteiger charge is 2.37. The third-order valence-electron chi connectivity index (χ3n) is 4.36. The molecule has 2 bridgehead atoms. The number of hydrogen-bond donors (Lipinski definition) is 1. The van der Waals surface area contributed by atoms with Crippen LogP contribution in [-0.2, 0) is 10.0 Å². The summed E-state index contributed by atoms with van der Waals surface area (Å²) in [6, 6.07) is 5.85. The molecule has 22 heavy (non-hydrogen) atoms. The van der Waals surface area contributed by atoms with Crippen molar-refractivity contribution in [2.45, 2.75) is 43.2 Å². The number of hydrogen-bond acceptors (Lipinski definition) is 4. The van der Waals surface area contributed by atoms with Crippen molar-refractivity contribution < 1.29 is 13.2 Å². The van der Waals surface area contributed by atoms with Gasteiger partial charge in [0, 0.05) is 25.2 Å². The summed E-state index contributed by atoms with van der Waals surface area (Å²) in [5, 5.41) is 3.51. The van der Waals surface area contributed by atoms with Crippen molar-refractivity contribution >= 4 is 22.4 Å². The Morgan fingerprint density at radius 1 is 1.23 bits per heavy atom. The maximum Gasteiger partial charge on any atom is 0.246 e. The first kappa shape index (κ1) is 17.5. The van der Waals surface area contributed by atoms with Gasteiger partial charge in [-0.05, 0) is 37.5 Å². The van der Waals surface area contributed by atoms with E-state index in [1.807, 2.05) is 13.0 Å². The summed E-state index contributed by atoms with van der Waals surface area (Å²) in [5.74, 6) is 0.421. The van der Waals surface area contributed by atoms with E-state index in [9.17, 15) is 8.42 Å². The predicted octanol–water partition coefficient (Wildman–Crippen LogP) is 1.94. The van der Waals surface area contributed by atoms with E-state index in [1.165, 1.54) is 13.5 Å². The Bertz CT molecular complexity index is 624. The topological polar surface area (TPSA) is 58.6 Å². The van der Waals surface area contributed by atoms with Crippen molar-refractivity contribution in [3.05, 3.63) is 23.8 Å². The summed E-state index contributed by atoms with van der Waals surface area (Å²) in [7, 11) is -1.99. The minimum Gasteiger partial charge on any atom is -0.495 e. The number of sulfonamides is 1. The van der Waals surface area contributed by atoms with E-state index >= 15 is 0 Å². The number of aryl methyl sites for hydroxylation is 1. The van der Waals surface area contributed by atoms with Crippen LogP contribution in [0.4, 0.5) is 0 Å². The number of benzene rings is 1. The first-order valence-corrected chi connectivity index (χ1v) is 8.85. The zero-order chi connectivity index (χ0) is 15.0. The van der Waals surface area contributed by atoms with E-state index in [-0.39, 0.29) is 29.4 Å². The van der Waals surface area contributed by atoms with Crippen LogP contribution in [0, 0.1) is 6.92 Å². The van der Waals surface area contributed by atoms with Crippen molar-refractivity contribution in [1.82, 2.24) is 9.62 Å². The van der Waals surface area contributed by atoms with E-state index in [0.717, 1.165) is 18.4 Å². The zero-order valence-electron chi connectivity index (χ0n) is 12.9. The van der Waals surface area contributed by atoms with Crippen molar-refractivity contribution in [3.63, 3.8) is 0 Å². The summed E-state index contributed by atoms with van der Waals surface area (Å²) < 4.78 is 32.8. The molecular formula is C15H23ClN2O3S. The fourth-order valence-electron chi connectivity index (χ4n) is 3.29. The molecule has 2 saturated heterocycles. The fraction of sp³-hybridized carbons (Fsp3) is 0.600. The normalized spacial score (nSPS) is 25.4. The van der Waals surface area contributed by atoms with Gasteiger partial charge in [0.1, 0.15) is 10.6 Å². The molecule has 1 aromatic rings. The molecule has 2 aliphatic heterocycles. The number of nitrogens with one attached hydrogen (secondary N) is 1. The zero-order valence-corrected chi connectivity index (χ0v) is 14.5. The lowest BCUT2D eigenvalue weighted by molar-refractivity contribution is 0.190. The van der Waals surface area contributed by atoms with Crippen LogP contribution in [0.3, 0.4) is 0 Å². The van der Waals surface area contributed by atoms with E-state index < -0.39 is 10.0 Å². The number of rotatable bonds is 3. The maximum atomic E-state index is 13.0. The number of nitrogens with zero attached hydrogens (tertiary/aromatic N) is 1. The largest absolute Gasteiger partial charge is 0.495 e. The standard InChI is InChI=1S/C15H22N2O3S.ClH/c1-11-6-7-14(20-2)15(8-11)21(18,19)17-9-12-4-3-5-13(10-17)16-12;/h6-8,12-13,16H,3-5,9-10H2,1-2H3;1H. The highest BCUT2D eigenvalue weighted by atomic mass is 35.5. The van der Waals surface area contributed by atoms with E-state index in [0.29, 0.717) is 18.8 Å². The Labute approximate surface area is 138 Å². The lowest BCUT2D eigenvalue weighted by Gasteiger charge is -2.41. The Hall–Kier alpha value is -0.820. The molecule has 3 rings (SSSR count). The maximum absolute atomic E-state index is 13.0. The fourth-order valence-corrected chi connectivity index (χ4v) is 5.06. The minimum absolute atomic E-state index is 0. The summed E-state index contributed by atoms with van der Waals surface area (Å²) in [6.07, 6.45) is 3.28. The van der Waals surface area contributed by atoms with Gasteiger partial charge in [0.05, 0.1) is 7.11 Å². The number of ether oxygens (including phenoxy) is 1. The molecule has 1 N–H and O–H groups in total. The van der Waals surface area contributed by atoms with Crippen molar-refractivity contribution in [2.24, 2.45) is 0 Å². The molecule has 0 aliphatic carbocycles. The SMILES string of the molecule is COc1ccc(C)cc1S(=O)(=O)N1CC2CCCC(C1)N2.Cl. The minimum atomic E-state index is -3.50. The Kier molecular flexibility index (Phi) is 5.37. The Morgan fingerprint density at radius 2 is 1.86 bits per heavy atom. The number of methoxy groups -OCH3 is 1. The molecule has 5 nitrogen and oxygen atoms in total. The molecular weight excluding hydrogens is 324 g/mol. The molecule has 2 fully saturated rings. The third kappa shape index (κ3) is 3.25. The number of fused-ring (bicyclic) bond motifs is 2. The van der Waals surface area contributed by atoms with Crippen LogP contribution in [0.2, 0.25) is 0 Å². The molecule has 2 heterocycles. The van der Waals surface area contributed by atoms with Gasteiger partial charge in [0.2, 0.25) is 10.0 Å². The van der Waals surface area contributed by atoms with Crippen molar-refractivity contribution in [3.8, 4) is 5.75 Å². The molecule has 2 aliphatic rings. The average molecular weight is 347 g/mol. The molecule has 0 amide bonds. The molecule has 1 aromatic carbocycles. The van der Waals surface area contributed by atoms with Crippen LogP contribution >= 0.6 is 12.4 Å². The molecule has 124 valence electrons.